The van der Waals surface area contributed by atoms with Crippen molar-refractivity contribution in [2.75, 3.05) is 5.73 Å². The first-order valence-corrected chi connectivity index (χ1v) is 9.60. The van der Waals surface area contributed by atoms with E-state index in [1.807, 2.05) is 6.92 Å². The molecular formula is C10H12FHgNO2. The van der Waals surface area contributed by atoms with Gasteiger partial charge in [-0.15, -0.1) is 0 Å². The Morgan fingerprint density at radius 1 is 1.47 bits per heavy atom. The van der Waals surface area contributed by atoms with Crippen LogP contribution in [-0.4, -0.2) is 5.97 Å². The number of benzene rings is 1. The van der Waals surface area contributed by atoms with Gasteiger partial charge in [0.05, 0.1) is 0 Å². The summed E-state index contributed by atoms with van der Waals surface area (Å²) in [5.74, 6) is -0.657. The molecule has 0 unspecified atom stereocenters. The molecule has 0 saturated heterocycles. The van der Waals surface area contributed by atoms with Crippen LogP contribution in [-0.2, 0) is 32.5 Å². The Morgan fingerprint density at radius 2 is 2.07 bits per heavy atom. The number of nitrogens with two attached hydrogens (primary N) is 1. The third kappa shape index (κ3) is 2.90. The number of hydrogen-bond acceptors (Lipinski definition) is 3. The first-order chi connectivity index (χ1) is 6.93. The van der Waals surface area contributed by atoms with Crippen LogP contribution in [0.3, 0.4) is 0 Å². The average molecular weight is 398 g/mol. The van der Waals surface area contributed by atoms with E-state index in [2.05, 4.69) is 0 Å². The van der Waals surface area contributed by atoms with Crippen molar-refractivity contribution < 1.29 is 36.9 Å². The Morgan fingerprint density at radius 3 is 2.60 bits per heavy atom. The van der Waals surface area contributed by atoms with Gasteiger partial charge in [-0.25, -0.2) is 0 Å². The maximum atomic E-state index is 13.7. The number of halogens is 1. The number of carbonyl (C=O) groups excluding carboxylic acids is 1. The fourth-order valence-corrected chi connectivity index (χ4v) is 5.99. The number of aryl methyl sites for hydroxylation is 2. The van der Waals surface area contributed by atoms with Crippen molar-refractivity contribution >= 4 is 14.7 Å². The van der Waals surface area contributed by atoms with Crippen molar-refractivity contribution in [3.05, 3.63) is 23.0 Å². The van der Waals surface area contributed by atoms with Crippen molar-refractivity contribution in [2.45, 2.75) is 20.8 Å². The zero-order chi connectivity index (χ0) is 11.6. The fourth-order valence-electron chi connectivity index (χ4n) is 1.38. The van der Waals surface area contributed by atoms with Crippen LogP contribution in [0.5, 0.6) is 0 Å². The van der Waals surface area contributed by atoms with Crippen LogP contribution in [0.4, 0.5) is 10.1 Å². The summed E-state index contributed by atoms with van der Waals surface area (Å²) in [6.07, 6.45) is 0. The fraction of sp³-hybridized carbons (Fsp3) is 0.300. The van der Waals surface area contributed by atoms with E-state index in [1.165, 1.54) is 6.92 Å². The van der Waals surface area contributed by atoms with Gasteiger partial charge in [0.2, 0.25) is 0 Å². The van der Waals surface area contributed by atoms with Crippen molar-refractivity contribution in [3.8, 4) is 0 Å². The zero-order valence-corrected chi connectivity index (χ0v) is 14.6. The van der Waals surface area contributed by atoms with Crippen molar-refractivity contribution in [2.24, 2.45) is 0 Å². The Balaban J connectivity index is 3.09. The number of carbonyl (C=O) groups is 1. The normalized spacial score (nSPS) is 9.60. The Labute approximate surface area is 101 Å². The molecule has 0 heterocycles. The van der Waals surface area contributed by atoms with Crippen LogP contribution in [0.1, 0.15) is 18.1 Å². The molecule has 0 aliphatic carbocycles. The summed E-state index contributed by atoms with van der Waals surface area (Å²) in [7, 11) is 0. The van der Waals surface area contributed by atoms with Crippen LogP contribution in [0, 0.1) is 19.7 Å². The Kier molecular flexibility index (Phi) is 4.08. The molecule has 3 nitrogen and oxygen atoms in total. The van der Waals surface area contributed by atoms with E-state index in [4.69, 9.17) is 8.38 Å². The molecule has 5 heteroatoms. The van der Waals surface area contributed by atoms with Gasteiger partial charge in [0, 0.05) is 0 Å². The number of rotatable bonds is 2. The second kappa shape index (κ2) is 4.92. The Hall–Kier alpha value is -0.645. The standard InChI is InChI=1S/C8H9FN.C2H4O2.Hg/c1-5-3-6(2)8(10)4-7(5)9;1-2(3)4;/h3H,10H2,1-2H3;1H3,(H,3,4);/q;;+1/p-1. The predicted octanol–water partition coefficient (Wildman–Crippen LogP) is 1.21. The van der Waals surface area contributed by atoms with Gasteiger partial charge in [-0.2, -0.15) is 0 Å². The van der Waals surface area contributed by atoms with Gasteiger partial charge in [0.25, 0.3) is 0 Å². The second-order valence-electron chi connectivity index (χ2n) is 3.50. The molecule has 15 heavy (non-hydrogen) atoms. The molecular weight excluding hydrogens is 386 g/mol. The van der Waals surface area contributed by atoms with Gasteiger partial charge in [0.15, 0.2) is 0 Å². The van der Waals surface area contributed by atoms with E-state index in [0.717, 1.165) is 5.56 Å². The van der Waals surface area contributed by atoms with Gasteiger partial charge in [0.1, 0.15) is 0 Å². The first kappa shape index (κ1) is 12.4. The van der Waals surface area contributed by atoms with E-state index in [9.17, 15) is 9.18 Å². The topological polar surface area (TPSA) is 52.3 Å². The van der Waals surface area contributed by atoms with Gasteiger partial charge >= 0.3 is 101 Å². The van der Waals surface area contributed by atoms with Gasteiger partial charge < -0.3 is 0 Å². The molecule has 0 spiro atoms. The van der Waals surface area contributed by atoms with Crippen LogP contribution < -0.4 is 8.81 Å². The first-order valence-electron chi connectivity index (χ1n) is 4.61. The van der Waals surface area contributed by atoms with E-state index in [-0.39, 0.29) is 11.8 Å². The third-order valence-electron chi connectivity index (χ3n) is 2.21. The minimum absolute atomic E-state index is 0.305. The van der Waals surface area contributed by atoms with E-state index < -0.39 is 25.0 Å². The van der Waals surface area contributed by atoms with Gasteiger partial charge in [-0.05, 0) is 0 Å². The summed E-state index contributed by atoms with van der Waals surface area (Å²) in [6, 6.07) is 1.70. The van der Waals surface area contributed by atoms with E-state index >= 15 is 0 Å². The number of anilines is 1. The minimum atomic E-state index is -2.19. The summed E-state index contributed by atoms with van der Waals surface area (Å²) in [6.45, 7) is 4.84. The number of hydrogen-bond donors (Lipinski definition) is 1. The summed E-state index contributed by atoms with van der Waals surface area (Å²) < 4.78 is 19.1. The van der Waals surface area contributed by atoms with Crippen molar-refractivity contribution in [1.29, 1.82) is 0 Å². The zero-order valence-electron chi connectivity index (χ0n) is 9.06. The van der Waals surface area contributed by atoms with E-state index in [1.54, 1.807) is 13.0 Å². The molecule has 0 fully saturated rings. The molecule has 1 rings (SSSR count). The monoisotopic (exact) mass is 399 g/mol. The second-order valence-corrected chi connectivity index (χ2v) is 8.49. The van der Waals surface area contributed by atoms with Crippen LogP contribution in [0.25, 0.3) is 0 Å². The quantitative estimate of drug-likeness (QED) is 0.603. The summed E-state index contributed by atoms with van der Waals surface area (Å²) in [5.41, 5.74) is 7.61. The molecule has 0 aromatic heterocycles. The number of nitrogen functional groups attached to an aromatic ring is 1. The molecule has 0 aliphatic rings. The molecule has 1 aromatic carbocycles. The average Bonchev–Trinajstić information content (AvgIpc) is 2.14. The Bertz CT molecular complexity index is 381. The van der Waals surface area contributed by atoms with Crippen LogP contribution in [0.2, 0.25) is 0 Å². The molecule has 0 bridgehead atoms. The summed E-state index contributed by atoms with van der Waals surface area (Å²) >= 11 is -2.19. The molecule has 1 aromatic rings. The van der Waals surface area contributed by atoms with Gasteiger partial charge in [-0.3, -0.25) is 0 Å². The van der Waals surface area contributed by atoms with Crippen molar-refractivity contribution in [1.82, 2.24) is 0 Å². The maximum absolute atomic E-state index is 13.7. The van der Waals surface area contributed by atoms with Crippen LogP contribution in [0.15, 0.2) is 6.07 Å². The van der Waals surface area contributed by atoms with Gasteiger partial charge in [-0.1, -0.05) is 0 Å². The SMILES string of the molecule is CC(=O)[O][Hg][c]1c(N)c(C)cc(C)c1F. The third-order valence-corrected chi connectivity index (χ3v) is 8.17. The molecule has 0 aliphatic heterocycles. The molecule has 78 valence electrons. The van der Waals surface area contributed by atoms with Crippen molar-refractivity contribution in [3.63, 3.8) is 0 Å². The van der Waals surface area contributed by atoms with E-state index in [0.29, 0.717) is 14.3 Å². The summed E-state index contributed by atoms with van der Waals surface area (Å²) in [5, 5.41) is 0. The predicted molar refractivity (Wildman–Crippen MR) is 51.7 cm³/mol. The van der Waals surface area contributed by atoms with Crippen LogP contribution >= 0.6 is 0 Å². The molecule has 0 saturated carbocycles. The molecule has 0 atom stereocenters. The molecule has 0 radical (unpaired) electrons. The molecule has 0 amide bonds. The summed E-state index contributed by atoms with van der Waals surface area (Å²) in [4.78, 5) is 10.7. The molecule has 2 N–H and O–H groups in total.